The molecule has 0 unspecified atom stereocenters. The fourth-order valence-electron chi connectivity index (χ4n) is 1.87. The number of hydrogen-bond acceptors (Lipinski definition) is 2. The molecule has 0 fully saturated rings. The number of benzene rings is 1. The fourth-order valence-corrected chi connectivity index (χ4v) is 1.87. The van der Waals surface area contributed by atoms with Crippen molar-refractivity contribution in [3.8, 4) is 5.69 Å². The lowest BCUT2D eigenvalue weighted by Gasteiger charge is -2.13. The number of alkyl halides is 3. The largest absolute Gasteiger partial charge is 0.416 e. The summed E-state index contributed by atoms with van der Waals surface area (Å²) in [6.45, 7) is 1.49. The van der Waals surface area contributed by atoms with Gasteiger partial charge in [0, 0.05) is 18.8 Å². The SMILES string of the molecule is Cc1cc(=O)n(C)c(=O)n1-c1cccc(C(F)(F)F)c1. The van der Waals surface area contributed by atoms with E-state index in [2.05, 4.69) is 0 Å². The third kappa shape index (κ3) is 2.38. The molecule has 0 atom stereocenters. The highest BCUT2D eigenvalue weighted by Crippen LogP contribution is 2.30. The first-order chi connectivity index (χ1) is 9.21. The topological polar surface area (TPSA) is 44.0 Å². The van der Waals surface area contributed by atoms with Crippen LogP contribution in [0.3, 0.4) is 0 Å². The highest BCUT2D eigenvalue weighted by atomic mass is 19.4. The fraction of sp³-hybridized carbons (Fsp3) is 0.231. The van der Waals surface area contributed by atoms with Crippen LogP contribution in [-0.2, 0) is 13.2 Å². The van der Waals surface area contributed by atoms with Crippen molar-refractivity contribution in [2.45, 2.75) is 13.1 Å². The zero-order valence-corrected chi connectivity index (χ0v) is 10.7. The first kappa shape index (κ1) is 14.1. The third-order valence-corrected chi connectivity index (χ3v) is 2.93. The molecule has 7 heteroatoms. The van der Waals surface area contributed by atoms with Crippen molar-refractivity contribution >= 4 is 0 Å². The maximum absolute atomic E-state index is 12.7. The van der Waals surface area contributed by atoms with Gasteiger partial charge in [-0.15, -0.1) is 0 Å². The molecule has 1 heterocycles. The predicted octanol–water partition coefficient (Wildman–Crippen LogP) is 1.86. The molecule has 106 valence electrons. The van der Waals surface area contributed by atoms with E-state index in [4.69, 9.17) is 0 Å². The summed E-state index contributed by atoms with van der Waals surface area (Å²) in [5, 5.41) is 0. The van der Waals surface area contributed by atoms with Gasteiger partial charge in [-0.3, -0.25) is 13.9 Å². The molecule has 4 nitrogen and oxygen atoms in total. The van der Waals surface area contributed by atoms with Crippen LogP contribution in [0.1, 0.15) is 11.3 Å². The van der Waals surface area contributed by atoms with Crippen LogP contribution in [0.25, 0.3) is 5.69 Å². The molecule has 2 rings (SSSR count). The van der Waals surface area contributed by atoms with Gasteiger partial charge in [-0.1, -0.05) is 6.07 Å². The molecule has 2 aromatic rings. The number of halogens is 3. The van der Waals surface area contributed by atoms with E-state index in [0.717, 1.165) is 21.3 Å². The summed E-state index contributed by atoms with van der Waals surface area (Å²) in [6, 6.07) is 5.59. The van der Waals surface area contributed by atoms with Crippen LogP contribution in [0.5, 0.6) is 0 Å². The molecule has 0 aliphatic heterocycles. The minimum Gasteiger partial charge on any atom is -0.269 e. The second-order valence-electron chi connectivity index (χ2n) is 4.35. The van der Waals surface area contributed by atoms with Gasteiger partial charge in [0.25, 0.3) is 5.56 Å². The molecule has 0 aliphatic rings. The number of aromatic nitrogens is 2. The molecular weight excluding hydrogens is 273 g/mol. The van der Waals surface area contributed by atoms with Crippen LogP contribution in [0, 0.1) is 6.92 Å². The van der Waals surface area contributed by atoms with E-state index in [1.165, 1.54) is 32.2 Å². The smallest absolute Gasteiger partial charge is 0.269 e. The van der Waals surface area contributed by atoms with Crippen LogP contribution in [0.2, 0.25) is 0 Å². The van der Waals surface area contributed by atoms with Crippen LogP contribution < -0.4 is 11.2 Å². The highest BCUT2D eigenvalue weighted by molar-refractivity contribution is 5.38. The predicted molar refractivity (Wildman–Crippen MR) is 67.0 cm³/mol. The van der Waals surface area contributed by atoms with Crippen LogP contribution in [-0.4, -0.2) is 9.13 Å². The lowest BCUT2D eigenvalue weighted by atomic mass is 10.2. The molecule has 1 aromatic carbocycles. The van der Waals surface area contributed by atoms with Gasteiger partial charge < -0.3 is 0 Å². The van der Waals surface area contributed by atoms with Gasteiger partial charge in [-0.2, -0.15) is 13.2 Å². The monoisotopic (exact) mass is 284 g/mol. The van der Waals surface area contributed by atoms with E-state index >= 15 is 0 Å². The van der Waals surface area contributed by atoms with Crippen molar-refractivity contribution in [2.24, 2.45) is 7.05 Å². The first-order valence-electron chi connectivity index (χ1n) is 5.69. The summed E-state index contributed by atoms with van der Waals surface area (Å²) in [5.74, 6) is 0. The molecule has 1 aromatic heterocycles. The van der Waals surface area contributed by atoms with Gasteiger partial charge in [0.2, 0.25) is 0 Å². The Morgan fingerprint density at radius 1 is 1.10 bits per heavy atom. The number of nitrogens with zero attached hydrogens (tertiary/aromatic N) is 2. The molecule has 0 aliphatic carbocycles. The van der Waals surface area contributed by atoms with Gasteiger partial charge in [0.15, 0.2) is 0 Å². The average molecular weight is 284 g/mol. The second-order valence-corrected chi connectivity index (χ2v) is 4.35. The summed E-state index contributed by atoms with van der Waals surface area (Å²) in [6.07, 6.45) is -4.49. The van der Waals surface area contributed by atoms with E-state index in [1.54, 1.807) is 0 Å². The van der Waals surface area contributed by atoms with Gasteiger partial charge in [-0.05, 0) is 25.1 Å². The van der Waals surface area contributed by atoms with Gasteiger partial charge in [0.05, 0.1) is 11.3 Å². The van der Waals surface area contributed by atoms with Crippen LogP contribution in [0.4, 0.5) is 13.2 Å². The molecular formula is C13H11F3N2O2. The van der Waals surface area contributed by atoms with E-state index in [-0.39, 0.29) is 11.4 Å². The van der Waals surface area contributed by atoms with Crippen molar-refractivity contribution < 1.29 is 13.2 Å². The molecule has 0 N–H and O–H groups in total. The minimum atomic E-state index is -4.49. The van der Waals surface area contributed by atoms with Crippen molar-refractivity contribution in [2.75, 3.05) is 0 Å². The molecule has 0 saturated heterocycles. The number of aryl methyl sites for hydroxylation is 1. The summed E-state index contributed by atoms with van der Waals surface area (Å²) < 4.78 is 40.0. The standard InChI is InChI=1S/C13H11F3N2O2/c1-8-6-11(19)17(2)12(20)18(8)10-5-3-4-9(7-10)13(14,15)16/h3-7H,1-2H3. The molecule has 0 amide bonds. The zero-order valence-electron chi connectivity index (χ0n) is 10.7. The minimum absolute atomic E-state index is 0.0675. The number of hydrogen-bond donors (Lipinski definition) is 0. The van der Waals surface area contributed by atoms with E-state index in [0.29, 0.717) is 0 Å². The Morgan fingerprint density at radius 3 is 2.35 bits per heavy atom. The average Bonchev–Trinajstić information content (AvgIpc) is 2.35. The van der Waals surface area contributed by atoms with Crippen molar-refractivity contribution in [1.82, 2.24) is 9.13 Å². The van der Waals surface area contributed by atoms with Crippen molar-refractivity contribution in [3.63, 3.8) is 0 Å². The molecule has 0 radical (unpaired) electrons. The zero-order chi connectivity index (χ0) is 15.1. The molecule has 20 heavy (non-hydrogen) atoms. The first-order valence-corrected chi connectivity index (χ1v) is 5.69. The van der Waals surface area contributed by atoms with Gasteiger partial charge in [0.1, 0.15) is 0 Å². The number of rotatable bonds is 1. The Balaban J connectivity index is 2.74. The van der Waals surface area contributed by atoms with Crippen molar-refractivity contribution in [1.29, 1.82) is 0 Å². The summed E-state index contributed by atoms with van der Waals surface area (Å²) in [5.41, 5.74) is -1.70. The lowest BCUT2D eigenvalue weighted by molar-refractivity contribution is -0.137. The van der Waals surface area contributed by atoms with E-state index < -0.39 is 23.0 Å². The van der Waals surface area contributed by atoms with Crippen LogP contribution in [0.15, 0.2) is 39.9 Å². The Bertz CT molecular complexity index is 772. The summed E-state index contributed by atoms with van der Waals surface area (Å²) >= 11 is 0. The van der Waals surface area contributed by atoms with E-state index in [9.17, 15) is 22.8 Å². The molecule has 0 bridgehead atoms. The Hall–Kier alpha value is -2.31. The summed E-state index contributed by atoms with van der Waals surface area (Å²) in [7, 11) is 1.27. The quantitative estimate of drug-likeness (QED) is 0.802. The van der Waals surface area contributed by atoms with Crippen LogP contribution >= 0.6 is 0 Å². The highest BCUT2D eigenvalue weighted by Gasteiger charge is 2.30. The third-order valence-electron chi connectivity index (χ3n) is 2.93. The normalized spacial score (nSPS) is 11.7. The van der Waals surface area contributed by atoms with E-state index in [1.807, 2.05) is 0 Å². The Kier molecular flexibility index (Phi) is 3.29. The maximum atomic E-state index is 12.7. The Labute approximate surface area is 111 Å². The van der Waals surface area contributed by atoms with Gasteiger partial charge in [-0.25, -0.2) is 4.79 Å². The van der Waals surface area contributed by atoms with Gasteiger partial charge >= 0.3 is 11.9 Å². The lowest BCUT2D eigenvalue weighted by Crippen LogP contribution is -2.37. The molecule has 0 spiro atoms. The second kappa shape index (κ2) is 4.66. The summed E-state index contributed by atoms with van der Waals surface area (Å²) in [4.78, 5) is 23.5. The maximum Gasteiger partial charge on any atom is 0.416 e. The molecule has 0 saturated carbocycles. The Morgan fingerprint density at radius 2 is 1.75 bits per heavy atom. The van der Waals surface area contributed by atoms with Crippen molar-refractivity contribution in [3.05, 3.63) is 62.4 Å².